The van der Waals surface area contributed by atoms with Gasteiger partial charge >= 0.3 is 0 Å². The Labute approximate surface area is 132 Å². The van der Waals surface area contributed by atoms with Gasteiger partial charge in [0.15, 0.2) is 5.78 Å². The first-order valence-corrected chi connectivity index (χ1v) is 7.68. The van der Waals surface area contributed by atoms with Crippen LogP contribution in [0, 0.1) is 10.1 Å². The lowest BCUT2D eigenvalue weighted by atomic mass is 10.1. The van der Waals surface area contributed by atoms with Gasteiger partial charge in [-0.3, -0.25) is 14.9 Å². The number of carbonyl (C=O) groups excluding carboxylic acids is 1. The molecule has 116 valence electrons. The monoisotopic (exact) mass is 319 g/mol. The highest BCUT2D eigenvalue weighted by Crippen LogP contribution is 2.30. The summed E-state index contributed by atoms with van der Waals surface area (Å²) in [5.74, 6) is -0.0226. The molecule has 1 aromatic heterocycles. The van der Waals surface area contributed by atoms with E-state index in [1.54, 1.807) is 36.7 Å². The van der Waals surface area contributed by atoms with E-state index in [2.05, 4.69) is 4.98 Å². The molecule has 0 aliphatic heterocycles. The molecule has 0 saturated carbocycles. The molecule has 1 atom stereocenters. The molecule has 0 bridgehead atoms. The van der Waals surface area contributed by atoms with Gasteiger partial charge < -0.3 is 4.90 Å². The highest BCUT2D eigenvalue weighted by molar-refractivity contribution is 7.09. The van der Waals surface area contributed by atoms with Crippen molar-refractivity contribution in [1.82, 2.24) is 4.98 Å². The Bertz CT molecular complexity index is 685. The van der Waals surface area contributed by atoms with E-state index in [9.17, 15) is 14.9 Å². The first-order valence-electron chi connectivity index (χ1n) is 6.80. The molecule has 0 amide bonds. The Morgan fingerprint density at radius 1 is 1.50 bits per heavy atom. The summed E-state index contributed by atoms with van der Waals surface area (Å²) in [6, 6.07) is 4.58. The summed E-state index contributed by atoms with van der Waals surface area (Å²) in [5.41, 5.74) is 0.789. The second kappa shape index (κ2) is 6.65. The van der Waals surface area contributed by atoms with Gasteiger partial charge in [-0.05, 0) is 19.1 Å². The fraction of sp³-hybridized carbons (Fsp3) is 0.333. The lowest BCUT2D eigenvalue weighted by Crippen LogP contribution is -2.23. The zero-order chi connectivity index (χ0) is 16.3. The quantitative estimate of drug-likeness (QED) is 0.463. The zero-order valence-corrected chi connectivity index (χ0v) is 13.5. The number of nitrogens with zero attached hydrogens (tertiary/aromatic N) is 3. The number of rotatable bonds is 6. The van der Waals surface area contributed by atoms with Gasteiger partial charge in [0.05, 0.1) is 9.93 Å². The number of Topliss-reactive ketones (excluding diaryl/α,β-unsaturated/α-hetero) is 1. The third-order valence-electron chi connectivity index (χ3n) is 3.41. The number of hydrogen-bond acceptors (Lipinski definition) is 6. The molecular formula is C15H17N3O3S. The summed E-state index contributed by atoms with van der Waals surface area (Å²) in [4.78, 5) is 28.3. The van der Waals surface area contributed by atoms with E-state index in [0.29, 0.717) is 17.8 Å². The van der Waals surface area contributed by atoms with Crippen LogP contribution in [0.1, 0.15) is 35.1 Å². The molecule has 6 nitrogen and oxygen atoms in total. The minimum Gasteiger partial charge on any atom is -0.368 e. The van der Waals surface area contributed by atoms with Crippen LogP contribution in [0.3, 0.4) is 0 Å². The van der Waals surface area contributed by atoms with Crippen LogP contribution < -0.4 is 4.90 Å². The van der Waals surface area contributed by atoms with E-state index in [-0.39, 0.29) is 17.4 Å². The Hall–Kier alpha value is -2.28. The van der Waals surface area contributed by atoms with Crippen molar-refractivity contribution in [3.8, 4) is 0 Å². The number of ketones is 1. The number of nitro benzene ring substituents is 1. The Balaban J connectivity index is 2.27. The van der Waals surface area contributed by atoms with Gasteiger partial charge in [0, 0.05) is 42.7 Å². The molecule has 0 radical (unpaired) electrons. The first-order chi connectivity index (χ1) is 10.4. The van der Waals surface area contributed by atoms with E-state index in [0.717, 1.165) is 5.01 Å². The topological polar surface area (TPSA) is 76.3 Å². The van der Waals surface area contributed by atoms with Gasteiger partial charge in [-0.2, -0.15) is 0 Å². The van der Waals surface area contributed by atoms with Gasteiger partial charge in [0.2, 0.25) is 0 Å². The van der Waals surface area contributed by atoms with Crippen molar-refractivity contribution in [2.75, 3.05) is 18.5 Å². The lowest BCUT2D eigenvalue weighted by molar-refractivity contribution is -0.384. The van der Waals surface area contributed by atoms with Gasteiger partial charge in [0.25, 0.3) is 5.69 Å². The Morgan fingerprint density at radius 3 is 2.77 bits per heavy atom. The van der Waals surface area contributed by atoms with Gasteiger partial charge in [-0.1, -0.05) is 6.92 Å². The van der Waals surface area contributed by atoms with E-state index < -0.39 is 4.92 Å². The summed E-state index contributed by atoms with van der Waals surface area (Å²) >= 11 is 1.57. The van der Waals surface area contributed by atoms with Crippen molar-refractivity contribution in [2.24, 2.45) is 0 Å². The van der Waals surface area contributed by atoms with Crippen molar-refractivity contribution >= 4 is 28.5 Å². The van der Waals surface area contributed by atoms with Gasteiger partial charge in [-0.25, -0.2) is 4.98 Å². The predicted molar refractivity (Wildman–Crippen MR) is 86.9 cm³/mol. The highest BCUT2D eigenvalue weighted by atomic mass is 32.1. The van der Waals surface area contributed by atoms with E-state index in [1.165, 1.54) is 13.0 Å². The summed E-state index contributed by atoms with van der Waals surface area (Å²) in [6.07, 6.45) is 1.75. The van der Waals surface area contributed by atoms with E-state index in [4.69, 9.17) is 0 Å². The van der Waals surface area contributed by atoms with Crippen LogP contribution in [0.15, 0.2) is 29.8 Å². The number of thiazole rings is 1. The van der Waals surface area contributed by atoms with Gasteiger partial charge in [0.1, 0.15) is 5.69 Å². The maximum atomic E-state index is 11.4. The molecule has 0 aliphatic carbocycles. The number of likely N-dealkylation sites (N-methyl/N-ethyl adjacent to an activating group) is 1. The van der Waals surface area contributed by atoms with Crippen molar-refractivity contribution in [3.63, 3.8) is 0 Å². The molecule has 0 saturated heterocycles. The lowest BCUT2D eigenvalue weighted by Gasteiger charge is -2.22. The van der Waals surface area contributed by atoms with Crippen LogP contribution in [0.5, 0.6) is 0 Å². The molecular weight excluding hydrogens is 302 g/mol. The minimum absolute atomic E-state index is 0.0541. The third-order valence-corrected chi connectivity index (χ3v) is 4.42. The molecule has 0 aliphatic rings. The van der Waals surface area contributed by atoms with Crippen molar-refractivity contribution in [2.45, 2.75) is 19.8 Å². The Morgan fingerprint density at radius 2 is 2.23 bits per heavy atom. The normalized spacial score (nSPS) is 12.0. The molecule has 1 aromatic carbocycles. The summed E-state index contributed by atoms with van der Waals surface area (Å²) in [7, 11) is 1.81. The van der Waals surface area contributed by atoms with E-state index in [1.807, 2.05) is 17.2 Å². The summed E-state index contributed by atoms with van der Waals surface area (Å²) in [6.45, 7) is 4.03. The van der Waals surface area contributed by atoms with Crippen LogP contribution >= 0.6 is 11.3 Å². The van der Waals surface area contributed by atoms with Crippen molar-refractivity contribution < 1.29 is 9.72 Å². The molecule has 1 heterocycles. The van der Waals surface area contributed by atoms with Crippen LogP contribution in [0.2, 0.25) is 0 Å². The van der Waals surface area contributed by atoms with Crippen LogP contribution in [0.25, 0.3) is 0 Å². The average Bonchev–Trinajstić information content (AvgIpc) is 3.00. The summed E-state index contributed by atoms with van der Waals surface area (Å²) in [5, 5.41) is 14.2. The smallest absolute Gasteiger partial charge is 0.293 e. The second-order valence-corrected chi connectivity index (χ2v) is 6.09. The Kier molecular flexibility index (Phi) is 4.87. The molecule has 1 unspecified atom stereocenters. The second-order valence-electron chi connectivity index (χ2n) is 5.17. The van der Waals surface area contributed by atoms with Crippen molar-refractivity contribution in [3.05, 3.63) is 50.5 Å². The SMILES string of the molecule is CC(=O)c1ccc(N(C)CC(C)c2nccs2)c([N+](=O)[O-])c1. The maximum Gasteiger partial charge on any atom is 0.293 e. The van der Waals surface area contributed by atoms with Crippen LogP contribution in [-0.4, -0.2) is 29.3 Å². The third kappa shape index (κ3) is 3.48. The van der Waals surface area contributed by atoms with Crippen LogP contribution in [0.4, 0.5) is 11.4 Å². The number of carbonyl (C=O) groups is 1. The standard InChI is InChI=1S/C15H17N3O3S/c1-10(15-16-6-7-22-15)9-17(3)13-5-4-12(11(2)19)8-14(13)18(20)21/h4-8,10H,9H2,1-3H3. The maximum absolute atomic E-state index is 11.4. The molecule has 2 aromatic rings. The molecule has 2 rings (SSSR count). The molecule has 0 spiro atoms. The number of nitro groups is 1. The van der Waals surface area contributed by atoms with E-state index >= 15 is 0 Å². The number of hydrogen-bond donors (Lipinski definition) is 0. The largest absolute Gasteiger partial charge is 0.368 e. The number of benzene rings is 1. The summed E-state index contributed by atoms with van der Waals surface area (Å²) < 4.78 is 0. The molecule has 22 heavy (non-hydrogen) atoms. The number of anilines is 1. The molecule has 0 fully saturated rings. The predicted octanol–water partition coefficient (Wildman–Crippen LogP) is 3.49. The fourth-order valence-electron chi connectivity index (χ4n) is 2.28. The minimum atomic E-state index is -0.452. The first kappa shape index (κ1) is 16.1. The highest BCUT2D eigenvalue weighted by Gasteiger charge is 2.21. The average molecular weight is 319 g/mol. The van der Waals surface area contributed by atoms with Crippen LogP contribution in [-0.2, 0) is 0 Å². The molecule has 7 heteroatoms. The van der Waals surface area contributed by atoms with Gasteiger partial charge in [-0.15, -0.1) is 11.3 Å². The number of aromatic nitrogens is 1. The molecule has 0 N–H and O–H groups in total. The zero-order valence-electron chi connectivity index (χ0n) is 12.6. The fourth-order valence-corrected chi connectivity index (χ4v) is 2.97. The van der Waals surface area contributed by atoms with Crippen molar-refractivity contribution in [1.29, 1.82) is 0 Å².